The van der Waals surface area contributed by atoms with Gasteiger partial charge in [0.2, 0.25) is 6.29 Å². The van der Waals surface area contributed by atoms with Crippen LogP contribution in [0, 0.1) is 0 Å². The first-order chi connectivity index (χ1) is 9.93. The molecular weight excluding hydrogens is 280 g/mol. The lowest BCUT2D eigenvalue weighted by Crippen LogP contribution is -2.60. The molecule has 2 rings (SSSR count). The lowest BCUT2D eigenvalue weighted by Gasteiger charge is -2.39. The Hall–Kier alpha value is -1.22. The van der Waals surface area contributed by atoms with E-state index in [0.29, 0.717) is 11.3 Å². The Morgan fingerprint density at radius 2 is 1.71 bits per heavy atom. The Labute approximate surface area is 122 Å². The maximum Gasteiger partial charge on any atom is 0.229 e. The van der Waals surface area contributed by atoms with Crippen molar-refractivity contribution in [2.75, 3.05) is 6.61 Å². The minimum Gasteiger partial charge on any atom is -0.462 e. The van der Waals surface area contributed by atoms with Gasteiger partial charge in [0.25, 0.3) is 0 Å². The van der Waals surface area contributed by atoms with Crippen LogP contribution in [0.15, 0.2) is 24.3 Å². The van der Waals surface area contributed by atoms with E-state index in [1.54, 1.807) is 31.2 Å². The van der Waals surface area contributed by atoms with E-state index in [0.717, 1.165) is 0 Å². The molecule has 0 saturated carbocycles. The third kappa shape index (κ3) is 3.52. The quantitative estimate of drug-likeness (QED) is 0.480. The van der Waals surface area contributed by atoms with Crippen LogP contribution in [0.4, 0.5) is 0 Å². The van der Waals surface area contributed by atoms with Crippen LogP contribution in [0.25, 0.3) is 0 Å². The summed E-state index contributed by atoms with van der Waals surface area (Å²) in [5, 5.41) is 47.7. The minimum absolute atomic E-state index is 0.365. The van der Waals surface area contributed by atoms with Gasteiger partial charge < -0.3 is 35.0 Å². The molecule has 1 fully saturated rings. The molecule has 118 valence electrons. The highest BCUT2D eigenvalue weighted by Gasteiger charge is 2.44. The maximum atomic E-state index is 9.84. The molecule has 1 aromatic carbocycles. The van der Waals surface area contributed by atoms with E-state index in [2.05, 4.69) is 0 Å². The summed E-state index contributed by atoms with van der Waals surface area (Å²) in [5.74, 6) is 0.365. The molecule has 1 heterocycles. The zero-order valence-electron chi connectivity index (χ0n) is 11.5. The van der Waals surface area contributed by atoms with E-state index >= 15 is 0 Å². The molecule has 5 N–H and O–H groups in total. The summed E-state index contributed by atoms with van der Waals surface area (Å²) in [4.78, 5) is 0. The predicted molar refractivity (Wildman–Crippen MR) is 71.5 cm³/mol. The average Bonchev–Trinajstić information content (AvgIpc) is 2.48. The number of hydrogen-bond donors (Lipinski definition) is 5. The molecule has 0 amide bonds. The Kier molecular flexibility index (Phi) is 5.15. The third-order valence-corrected chi connectivity index (χ3v) is 3.46. The van der Waals surface area contributed by atoms with Crippen LogP contribution in [-0.4, -0.2) is 62.8 Å². The lowest BCUT2D eigenvalue weighted by atomic mass is 9.99. The second-order valence-electron chi connectivity index (χ2n) is 5.06. The number of benzene rings is 1. The number of hydrogen-bond acceptors (Lipinski definition) is 7. The van der Waals surface area contributed by atoms with Crippen molar-refractivity contribution in [3.63, 3.8) is 0 Å². The van der Waals surface area contributed by atoms with E-state index in [1.165, 1.54) is 0 Å². The second-order valence-corrected chi connectivity index (χ2v) is 5.06. The number of aliphatic hydroxyl groups excluding tert-OH is 5. The average molecular weight is 300 g/mol. The second kappa shape index (κ2) is 6.69. The predicted octanol–water partition coefficient (Wildman–Crippen LogP) is -1.08. The largest absolute Gasteiger partial charge is 0.462 e. The maximum absolute atomic E-state index is 9.84. The molecule has 1 aliphatic rings. The first-order valence-corrected chi connectivity index (χ1v) is 6.69. The van der Waals surface area contributed by atoms with Gasteiger partial charge in [-0.25, -0.2) is 0 Å². The molecule has 7 nitrogen and oxygen atoms in total. The summed E-state index contributed by atoms with van der Waals surface area (Å²) >= 11 is 0. The normalized spacial score (nSPS) is 34.5. The Balaban J connectivity index is 2.07. The van der Waals surface area contributed by atoms with Crippen molar-refractivity contribution in [3.05, 3.63) is 29.8 Å². The Morgan fingerprint density at radius 3 is 2.24 bits per heavy atom. The van der Waals surface area contributed by atoms with Crippen LogP contribution in [0.1, 0.15) is 18.6 Å². The fraction of sp³-hybridized carbons (Fsp3) is 0.571. The van der Waals surface area contributed by atoms with Gasteiger partial charge in [-0.15, -0.1) is 0 Å². The van der Waals surface area contributed by atoms with Gasteiger partial charge >= 0.3 is 0 Å². The molecule has 0 spiro atoms. The molecular formula is C14H20O7. The van der Waals surface area contributed by atoms with Gasteiger partial charge in [0, 0.05) is 0 Å². The van der Waals surface area contributed by atoms with Crippen molar-refractivity contribution in [1.29, 1.82) is 0 Å². The van der Waals surface area contributed by atoms with E-state index in [1.807, 2.05) is 0 Å². The number of rotatable bonds is 4. The van der Waals surface area contributed by atoms with Crippen LogP contribution in [0.5, 0.6) is 5.75 Å². The van der Waals surface area contributed by atoms with Crippen LogP contribution < -0.4 is 4.74 Å². The first-order valence-electron chi connectivity index (χ1n) is 6.69. The highest BCUT2D eigenvalue weighted by atomic mass is 16.7. The van der Waals surface area contributed by atoms with Gasteiger partial charge in [0.05, 0.1) is 12.7 Å². The third-order valence-electron chi connectivity index (χ3n) is 3.46. The monoisotopic (exact) mass is 300 g/mol. The molecule has 21 heavy (non-hydrogen) atoms. The molecule has 0 aromatic heterocycles. The van der Waals surface area contributed by atoms with E-state index < -0.39 is 43.4 Å². The summed E-state index contributed by atoms with van der Waals surface area (Å²) in [6.45, 7) is 1.12. The fourth-order valence-corrected chi connectivity index (χ4v) is 2.12. The van der Waals surface area contributed by atoms with Crippen LogP contribution in [0.2, 0.25) is 0 Å². The summed E-state index contributed by atoms with van der Waals surface area (Å²) < 4.78 is 10.6. The molecule has 0 aliphatic carbocycles. The van der Waals surface area contributed by atoms with Crippen LogP contribution in [-0.2, 0) is 4.74 Å². The SMILES string of the molecule is CC(O)c1ccc(OC2OC(CO)C(O)C(O)C2O)cc1. The van der Waals surface area contributed by atoms with Gasteiger partial charge in [0.1, 0.15) is 30.2 Å². The lowest BCUT2D eigenvalue weighted by molar-refractivity contribution is -0.277. The van der Waals surface area contributed by atoms with Gasteiger partial charge in [-0.2, -0.15) is 0 Å². The summed E-state index contributed by atoms with van der Waals surface area (Å²) in [6.07, 6.45) is -7.16. The van der Waals surface area contributed by atoms with E-state index in [-0.39, 0.29) is 0 Å². The highest BCUT2D eigenvalue weighted by molar-refractivity contribution is 5.28. The number of ether oxygens (including phenoxy) is 2. The summed E-state index contributed by atoms with van der Waals surface area (Å²) in [5.41, 5.74) is 0.705. The molecule has 1 aliphatic heterocycles. The van der Waals surface area contributed by atoms with Crippen molar-refractivity contribution >= 4 is 0 Å². The van der Waals surface area contributed by atoms with Crippen molar-refractivity contribution < 1.29 is 35.0 Å². The number of aliphatic hydroxyl groups is 5. The molecule has 1 saturated heterocycles. The molecule has 6 atom stereocenters. The minimum atomic E-state index is -1.47. The zero-order chi connectivity index (χ0) is 15.6. The Bertz CT molecular complexity index is 445. The Morgan fingerprint density at radius 1 is 1.10 bits per heavy atom. The summed E-state index contributed by atoms with van der Waals surface area (Å²) in [7, 11) is 0. The first kappa shape index (κ1) is 16.2. The smallest absolute Gasteiger partial charge is 0.229 e. The molecule has 6 unspecified atom stereocenters. The molecule has 0 bridgehead atoms. The van der Waals surface area contributed by atoms with E-state index in [4.69, 9.17) is 14.6 Å². The van der Waals surface area contributed by atoms with Crippen molar-refractivity contribution in [1.82, 2.24) is 0 Å². The van der Waals surface area contributed by atoms with Crippen molar-refractivity contribution in [2.24, 2.45) is 0 Å². The van der Waals surface area contributed by atoms with Gasteiger partial charge in [-0.3, -0.25) is 0 Å². The molecule has 7 heteroatoms. The standard InChI is InChI=1S/C14H20O7/c1-7(16)8-2-4-9(5-3-8)20-14-13(19)12(18)11(17)10(6-15)21-14/h2-5,7,10-19H,6H2,1H3. The van der Waals surface area contributed by atoms with Crippen LogP contribution >= 0.6 is 0 Å². The molecule has 0 radical (unpaired) electrons. The van der Waals surface area contributed by atoms with Crippen molar-refractivity contribution in [3.8, 4) is 5.75 Å². The molecule has 1 aromatic rings. The van der Waals surface area contributed by atoms with Crippen molar-refractivity contribution in [2.45, 2.75) is 43.7 Å². The van der Waals surface area contributed by atoms with Crippen LogP contribution in [0.3, 0.4) is 0 Å². The van der Waals surface area contributed by atoms with Gasteiger partial charge in [0.15, 0.2) is 0 Å². The zero-order valence-corrected chi connectivity index (χ0v) is 11.5. The van der Waals surface area contributed by atoms with E-state index in [9.17, 15) is 20.4 Å². The summed E-state index contributed by atoms with van der Waals surface area (Å²) in [6, 6.07) is 6.49. The highest BCUT2D eigenvalue weighted by Crippen LogP contribution is 2.25. The van der Waals surface area contributed by atoms with Gasteiger partial charge in [-0.1, -0.05) is 12.1 Å². The fourth-order valence-electron chi connectivity index (χ4n) is 2.12. The van der Waals surface area contributed by atoms with Gasteiger partial charge in [-0.05, 0) is 24.6 Å². The topological polar surface area (TPSA) is 120 Å².